The van der Waals surface area contributed by atoms with Gasteiger partial charge in [0.25, 0.3) is 0 Å². The molecule has 0 spiro atoms. The van der Waals surface area contributed by atoms with Crippen LogP contribution in [0.4, 0.5) is 23.4 Å². The van der Waals surface area contributed by atoms with E-state index >= 15 is 0 Å². The number of amides is 1. The van der Waals surface area contributed by atoms with Gasteiger partial charge in [-0.2, -0.15) is 18.4 Å². The fourth-order valence-electron chi connectivity index (χ4n) is 4.25. The van der Waals surface area contributed by atoms with Crippen molar-refractivity contribution in [1.29, 1.82) is 5.26 Å². The van der Waals surface area contributed by atoms with Gasteiger partial charge in [0, 0.05) is 31.7 Å². The molecule has 1 N–H and O–H groups in total. The Morgan fingerprint density at radius 2 is 2.00 bits per heavy atom. The first kappa shape index (κ1) is 18.9. The van der Waals surface area contributed by atoms with E-state index < -0.39 is 24.0 Å². The number of likely N-dealkylation sites (tertiary alicyclic amines) is 1. The Hall–Kier alpha value is -2.41. The second-order valence-electron chi connectivity index (χ2n) is 7.57. The van der Waals surface area contributed by atoms with Crippen LogP contribution in [-0.4, -0.2) is 60.2 Å². The van der Waals surface area contributed by atoms with Crippen LogP contribution >= 0.6 is 0 Å². The van der Waals surface area contributed by atoms with Crippen molar-refractivity contribution in [3.05, 3.63) is 23.9 Å². The first-order valence-corrected chi connectivity index (χ1v) is 9.12. The van der Waals surface area contributed by atoms with Crippen molar-refractivity contribution in [2.24, 2.45) is 11.8 Å². The van der Waals surface area contributed by atoms with Crippen LogP contribution in [0.1, 0.15) is 12.0 Å². The molecule has 1 aromatic rings. The second kappa shape index (κ2) is 6.88. The van der Waals surface area contributed by atoms with Gasteiger partial charge in [0.1, 0.15) is 18.0 Å². The number of rotatable bonds is 4. The van der Waals surface area contributed by atoms with E-state index in [9.17, 15) is 22.4 Å². The summed E-state index contributed by atoms with van der Waals surface area (Å²) in [5.41, 5.74) is -0.772. The fraction of sp³-hybridized carbons (Fsp3) is 0.611. The first-order chi connectivity index (χ1) is 13.3. The van der Waals surface area contributed by atoms with E-state index in [-0.39, 0.29) is 31.5 Å². The fourth-order valence-corrected chi connectivity index (χ4v) is 4.25. The van der Waals surface area contributed by atoms with Gasteiger partial charge < -0.3 is 15.1 Å². The van der Waals surface area contributed by atoms with Crippen molar-refractivity contribution in [3.63, 3.8) is 0 Å². The third-order valence-corrected chi connectivity index (χ3v) is 5.80. The molecule has 4 rings (SSSR count). The van der Waals surface area contributed by atoms with E-state index in [4.69, 9.17) is 5.26 Å². The largest absolute Gasteiger partial charge is 0.417 e. The SMILES string of the molecule is N#C[C@@H]1C[C@H](F)CN1C(=O)CNC1[C@H]2CN(c3ccc(C(F)(F)F)cn3)C[C@@H]12. The maximum Gasteiger partial charge on any atom is 0.417 e. The average Bonchev–Trinajstić information content (AvgIpc) is 2.99. The van der Waals surface area contributed by atoms with Crippen molar-refractivity contribution >= 4 is 11.7 Å². The molecule has 2 saturated heterocycles. The Kier molecular flexibility index (Phi) is 4.65. The van der Waals surface area contributed by atoms with E-state index in [1.807, 2.05) is 11.0 Å². The minimum Gasteiger partial charge on any atom is -0.356 e. The summed E-state index contributed by atoms with van der Waals surface area (Å²) in [4.78, 5) is 19.4. The number of nitrogens with one attached hydrogen (secondary N) is 1. The smallest absolute Gasteiger partial charge is 0.356 e. The van der Waals surface area contributed by atoms with Gasteiger partial charge in [0.15, 0.2) is 0 Å². The van der Waals surface area contributed by atoms with E-state index in [0.29, 0.717) is 30.7 Å². The maximum absolute atomic E-state index is 13.4. The lowest BCUT2D eigenvalue weighted by atomic mass is 10.2. The number of alkyl halides is 4. The van der Waals surface area contributed by atoms with Crippen LogP contribution < -0.4 is 10.2 Å². The molecule has 0 bridgehead atoms. The Labute approximate surface area is 159 Å². The molecule has 1 aliphatic carbocycles. The quantitative estimate of drug-likeness (QED) is 0.782. The summed E-state index contributed by atoms with van der Waals surface area (Å²) in [6, 6.07) is 3.81. The Bertz CT molecular complexity index is 781. The number of nitrogens with zero attached hydrogens (tertiary/aromatic N) is 4. The lowest BCUT2D eigenvalue weighted by molar-refractivity contribution is -0.137. The van der Waals surface area contributed by atoms with Crippen LogP contribution in [0, 0.1) is 23.2 Å². The highest BCUT2D eigenvalue weighted by atomic mass is 19.4. The number of aromatic nitrogens is 1. The number of hydrogen-bond acceptors (Lipinski definition) is 5. The third kappa shape index (κ3) is 3.51. The summed E-state index contributed by atoms with van der Waals surface area (Å²) >= 11 is 0. The number of fused-ring (bicyclic) bond motifs is 1. The average molecular weight is 397 g/mol. The number of hydrogen-bond donors (Lipinski definition) is 1. The summed E-state index contributed by atoms with van der Waals surface area (Å²) in [5, 5.41) is 12.2. The molecule has 1 aromatic heterocycles. The van der Waals surface area contributed by atoms with Crippen molar-refractivity contribution in [2.45, 2.75) is 30.9 Å². The molecule has 1 saturated carbocycles. The number of piperidine rings is 1. The highest BCUT2D eigenvalue weighted by Crippen LogP contribution is 2.46. The lowest BCUT2D eigenvalue weighted by Gasteiger charge is -2.22. The van der Waals surface area contributed by atoms with Gasteiger partial charge in [-0.25, -0.2) is 9.37 Å². The predicted molar refractivity (Wildman–Crippen MR) is 90.8 cm³/mol. The molecule has 0 aromatic carbocycles. The Morgan fingerprint density at radius 3 is 2.57 bits per heavy atom. The van der Waals surface area contributed by atoms with Crippen molar-refractivity contribution < 1.29 is 22.4 Å². The first-order valence-electron chi connectivity index (χ1n) is 9.12. The lowest BCUT2D eigenvalue weighted by Crippen LogP contribution is -2.43. The minimum absolute atomic E-state index is 0.0381. The summed E-state index contributed by atoms with van der Waals surface area (Å²) in [7, 11) is 0. The van der Waals surface area contributed by atoms with Crippen molar-refractivity contribution in [3.8, 4) is 6.07 Å². The molecule has 2 aliphatic heterocycles. The van der Waals surface area contributed by atoms with Crippen LogP contribution in [-0.2, 0) is 11.0 Å². The van der Waals surface area contributed by atoms with Crippen LogP contribution in [0.15, 0.2) is 18.3 Å². The topological polar surface area (TPSA) is 72.3 Å². The number of pyridine rings is 1. The zero-order valence-electron chi connectivity index (χ0n) is 14.9. The molecular weight excluding hydrogens is 378 g/mol. The summed E-state index contributed by atoms with van der Waals surface area (Å²) in [5.74, 6) is 0.836. The molecule has 3 aliphatic rings. The van der Waals surface area contributed by atoms with Gasteiger partial charge in [0.05, 0.1) is 24.7 Å². The number of carbonyl (C=O) groups excluding carboxylic acids is 1. The number of nitriles is 1. The van der Waals surface area contributed by atoms with Gasteiger partial charge in [-0.1, -0.05) is 0 Å². The normalized spacial score (nSPS) is 31.6. The summed E-state index contributed by atoms with van der Waals surface area (Å²) < 4.78 is 51.3. The van der Waals surface area contributed by atoms with Crippen LogP contribution in [0.25, 0.3) is 0 Å². The van der Waals surface area contributed by atoms with Crippen LogP contribution in [0.5, 0.6) is 0 Å². The third-order valence-electron chi connectivity index (χ3n) is 5.80. The molecule has 28 heavy (non-hydrogen) atoms. The molecule has 1 amide bonds. The molecule has 6 nitrogen and oxygen atoms in total. The minimum atomic E-state index is -4.40. The molecule has 10 heteroatoms. The highest BCUT2D eigenvalue weighted by molar-refractivity contribution is 5.79. The zero-order chi connectivity index (χ0) is 20.1. The van der Waals surface area contributed by atoms with Gasteiger partial charge >= 0.3 is 6.18 Å². The molecule has 150 valence electrons. The monoisotopic (exact) mass is 397 g/mol. The van der Waals surface area contributed by atoms with Crippen LogP contribution in [0.3, 0.4) is 0 Å². The van der Waals surface area contributed by atoms with Crippen molar-refractivity contribution in [2.75, 3.05) is 31.1 Å². The van der Waals surface area contributed by atoms with Gasteiger partial charge in [0.2, 0.25) is 5.91 Å². The molecular formula is C18H19F4N5O. The maximum atomic E-state index is 13.4. The molecule has 3 heterocycles. The molecule has 5 atom stereocenters. The molecule has 0 radical (unpaired) electrons. The standard InChI is InChI=1S/C18H19F4N5O/c19-11-3-12(4-23)27(7-11)16(28)6-25-17-13-8-26(9-14(13)17)15-2-1-10(5-24-15)18(20,21)22/h1-2,5,11-14,17,25H,3,6-9H2/t11-,12-,13-,14+,17?/m0/s1. The highest BCUT2D eigenvalue weighted by Gasteiger charge is 2.56. The van der Waals surface area contributed by atoms with Gasteiger partial charge in [-0.3, -0.25) is 4.79 Å². The second-order valence-corrected chi connectivity index (χ2v) is 7.57. The van der Waals surface area contributed by atoms with Crippen LogP contribution in [0.2, 0.25) is 0 Å². The van der Waals surface area contributed by atoms with Crippen molar-refractivity contribution in [1.82, 2.24) is 15.2 Å². The van der Waals surface area contributed by atoms with E-state index in [2.05, 4.69) is 10.3 Å². The predicted octanol–water partition coefficient (Wildman–Crippen LogP) is 1.59. The summed E-state index contributed by atoms with van der Waals surface area (Å²) in [6.07, 6.45) is -4.65. The van der Waals surface area contributed by atoms with Gasteiger partial charge in [-0.05, 0) is 24.0 Å². The number of carbonyl (C=O) groups is 1. The van der Waals surface area contributed by atoms with E-state index in [1.54, 1.807) is 0 Å². The van der Waals surface area contributed by atoms with Gasteiger partial charge in [-0.15, -0.1) is 0 Å². The zero-order valence-corrected chi connectivity index (χ0v) is 14.9. The van der Waals surface area contributed by atoms with E-state index in [0.717, 1.165) is 12.3 Å². The number of anilines is 1. The summed E-state index contributed by atoms with van der Waals surface area (Å²) in [6.45, 7) is 1.34. The number of halogens is 4. The molecule has 1 unspecified atom stereocenters. The molecule has 3 fully saturated rings. The van der Waals surface area contributed by atoms with E-state index in [1.165, 1.54) is 11.0 Å². The Balaban J connectivity index is 1.25. The Morgan fingerprint density at radius 1 is 1.29 bits per heavy atom.